The van der Waals surface area contributed by atoms with Crippen LogP contribution in [0.25, 0.3) is 0 Å². The van der Waals surface area contributed by atoms with Crippen LogP contribution in [0.5, 0.6) is 0 Å². The maximum Gasteiger partial charge on any atom is 0.287 e. The molecule has 0 bridgehead atoms. The van der Waals surface area contributed by atoms with Gasteiger partial charge in [0.2, 0.25) is 6.08 Å². The molecular weight excluding hydrogens is 173 g/mol. The molecule has 0 aliphatic rings. The molecule has 0 radical (unpaired) electrons. The number of rotatable bonds is 1. The van der Waals surface area contributed by atoms with Crippen molar-refractivity contribution in [1.82, 2.24) is 0 Å². The molecule has 0 saturated carbocycles. The van der Waals surface area contributed by atoms with E-state index in [1.165, 1.54) is 19.1 Å². The van der Waals surface area contributed by atoms with Gasteiger partial charge in [0.1, 0.15) is 5.82 Å². The summed E-state index contributed by atoms with van der Waals surface area (Å²) in [5, 5.41) is 0. The number of aliphatic imine (C=N–C) groups is 1. The quantitative estimate of drug-likeness (QED) is 0.485. The molecule has 0 fully saturated rings. The Balaban J connectivity index is 3.10. The highest BCUT2D eigenvalue weighted by Gasteiger charge is 2.05. The number of nitrogens with zero attached hydrogens (tertiary/aromatic N) is 1. The van der Waals surface area contributed by atoms with E-state index < -0.39 is 11.7 Å². The first-order valence-corrected chi connectivity index (χ1v) is 3.53. The minimum absolute atomic E-state index is 0.183. The molecule has 4 heteroatoms. The van der Waals surface area contributed by atoms with Crippen LogP contribution >= 0.6 is 0 Å². The third kappa shape index (κ3) is 2.07. The average molecular weight is 179 g/mol. The molecule has 0 aromatic heterocycles. The summed E-state index contributed by atoms with van der Waals surface area (Å²) in [6.45, 7) is 1.52. The van der Waals surface area contributed by atoms with Gasteiger partial charge in [-0.2, -0.15) is 0 Å². The number of carbonyl (C=O) groups is 1. The molecule has 66 valence electrons. The second-order valence-electron chi connectivity index (χ2n) is 2.47. The van der Waals surface area contributed by atoms with Crippen molar-refractivity contribution in [2.45, 2.75) is 6.92 Å². The number of halogens is 1. The van der Waals surface area contributed by atoms with Crippen LogP contribution in [-0.2, 0) is 4.79 Å². The summed E-state index contributed by atoms with van der Waals surface area (Å²) in [4.78, 5) is 23.6. The van der Waals surface area contributed by atoms with Crippen LogP contribution in [0.2, 0.25) is 0 Å². The van der Waals surface area contributed by atoms with E-state index in [9.17, 15) is 14.0 Å². The van der Waals surface area contributed by atoms with Crippen LogP contribution in [0, 0.1) is 12.7 Å². The summed E-state index contributed by atoms with van der Waals surface area (Å²) in [6.07, 6.45) is 1.13. The van der Waals surface area contributed by atoms with E-state index in [4.69, 9.17) is 0 Å². The van der Waals surface area contributed by atoms with E-state index in [1.807, 2.05) is 0 Å². The molecular formula is C9H6FNO2. The standard InChI is InChI=1S/C9H6FNO2/c1-6-4-7(2-3-8(6)10)9(13)11-5-12/h2-4H,1H3. The normalized spacial score (nSPS) is 9.08. The highest BCUT2D eigenvalue weighted by atomic mass is 19.1. The molecule has 1 rings (SSSR count). The van der Waals surface area contributed by atoms with Gasteiger partial charge in [0.05, 0.1) is 0 Å². The number of benzene rings is 1. The van der Waals surface area contributed by atoms with Gasteiger partial charge in [0.25, 0.3) is 5.91 Å². The van der Waals surface area contributed by atoms with Crippen molar-refractivity contribution in [1.29, 1.82) is 0 Å². The maximum atomic E-state index is 12.7. The molecule has 0 heterocycles. The summed E-state index contributed by atoms with van der Waals surface area (Å²) in [7, 11) is 0. The van der Waals surface area contributed by atoms with Gasteiger partial charge in [-0.1, -0.05) is 0 Å². The van der Waals surface area contributed by atoms with Crippen molar-refractivity contribution in [3.8, 4) is 0 Å². The highest BCUT2D eigenvalue weighted by Crippen LogP contribution is 2.09. The first-order chi connectivity index (χ1) is 6.15. The third-order valence-electron chi connectivity index (χ3n) is 1.55. The fraction of sp³-hybridized carbons (Fsp3) is 0.111. The van der Waals surface area contributed by atoms with Gasteiger partial charge in [-0.25, -0.2) is 9.18 Å². The molecule has 3 nitrogen and oxygen atoms in total. The fourth-order valence-electron chi connectivity index (χ4n) is 0.884. The van der Waals surface area contributed by atoms with Crippen LogP contribution < -0.4 is 0 Å². The van der Waals surface area contributed by atoms with E-state index in [1.54, 1.807) is 0 Å². The molecule has 0 atom stereocenters. The molecule has 0 aliphatic carbocycles. The Morgan fingerprint density at radius 3 is 2.77 bits per heavy atom. The molecule has 1 aromatic rings. The first kappa shape index (κ1) is 9.29. The smallest absolute Gasteiger partial charge is 0.266 e. The van der Waals surface area contributed by atoms with Crippen molar-refractivity contribution in [2.75, 3.05) is 0 Å². The van der Waals surface area contributed by atoms with E-state index in [0.717, 1.165) is 12.1 Å². The zero-order chi connectivity index (χ0) is 9.84. The number of aryl methyl sites for hydroxylation is 1. The first-order valence-electron chi connectivity index (χ1n) is 3.53. The summed E-state index contributed by atoms with van der Waals surface area (Å²) in [5.41, 5.74) is 0.522. The van der Waals surface area contributed by atoms with Crippen molar-refractivity contribution in [3.05, 3.63) is 35.1 Å². The molecule has 0 aliphatic heterocycles. The predicted molar refractivity (Wildman–Crippen MR) is 43.6 cm³/mol. The molecule has 1 aromatic carbocycles. The van der Waals surface area contributed by atoms with E-state index in [2.05, 4.69) is 4.99 Å². The second kappa shape index (κ2) is 3.74. The van der Waals surface area contributed by atoms with Crippen LogP contribution in [0.1, 0.15) is 15.9 Å². The Bertz CT molecular complexity index is 395. The van der Waals surface area contributed by atoms with E-state index in [0.29, 0.717) is 5.56 Å². The Labute approximate surface area is 73.9 Å². The van der Waals surface area contributed by atoms with Gasteiger partial charge in [0.15, 0.2) is 0 Å². The zero-order valence-corrected chi connectivity index (χ0v) is 6.87. The van der Waals surface area contributed by atoms with Crippen LogP contribution in [0.15, 0.2) is 23.2 Å². The minimum Gasteiger partial charge on any atom is -0.266 e. The number of amides is 1. The molecule has 0 saturated heterocycles. The molecule has 0 unspecified atom stereocenters. The van der Waals surface area contributed by atoms with Crippen molar-refractivity contribution >= 4 is 12.0 Å². The number of isocyanates is 1. The largest absolute Gasteiger partial charge is 0.287 e. The van der Waals surface area contributed by atoms with E-state index in [-0.39, 0.29) is 5.56 Å². The van der Waals surface area contributed by atoms with Crippen molar-refractivity contribution < 1.29 is 14.0 Å². The van der Waals surface area contributed by atoms with Gasteiger partial charge in [-0.3, -0.25) is 4.79 Å². The lowest BCUT2D eigenvalue weighted by molar-refractivity contribution is 0.100. The summed E-state index contributed by atoms with van der Waals surface area (Å²) in [6, 6.07) is 3.76. The van der Waals surface area contributed by atoms with E-state index >= 15 is 0 Å². The summed E-state index contributed by atoms with van der Waals surface area (Å²) in [5.74, 6) is -1.11. The molecule has 13 heavy (non-hydrogen) atoms. The monoisotopic (exact) mass is 179 g/mol. The van der Waals surface area contributed by atoms with Crippen molar-refractivity contribution in [3.63, 3.8) is 0 Å². The number of hydrogen-bond donors (Lipinski definition) is 0. The lowest BCUT2D eigenvalue weighted by Gasteiger charge is -1.97. The Morgan fingerprint density at radius 2 is 2.23 bits per heavy atom. The maximum absolute atomic E-state index is 12.7. The third-order valence-corrected chi connectivity index (χ3v) is 1.55. The van der Waals surface area contributed by atoms with Crippen LogP contribution in [0.4, 0.5) is 4.39 Å². The summed E-state index contributed by atoms with van der Waals surface area (Å²) < 4.78 is 12.7. The van der Waals surface area contributed by atoms with Gasteiger partial charge >= 0.3 is 0 Å². The lowest BCUT2D eigenvalue weighted by Crippen LogP contribution is -1.95. The topological polar surface area (TPSA) is 46.5 Å². The lowest BCUT2D eigenvalue weighted by atomic mass is 10.1. The molecule has 0 N–H and O–H groups in total. The van der Waals surface area contributed by atoms with Gasteiger partial charge in [-0.05, 0) is 30.7 Å². The number of carbonyl (C=O) groups excluding carboxylic acids is 2. The fourth-order valence-corrected chi connectivity index (χ4v) is 0.884. The van der Waals surface area contributed by atoms with Crippen LogP contribution in [0.3, 0.4) is 0 Å². The zero-order valence-electron chi connectivity index (χ0n) is 6.87. The van der Waals surface area contributed by atoms with Gasteiger partial charge in [-0.15, -0.1) is 4.99 Å². The highest BCUT2D eigenvalue weighted by molar-refractivity contribution is 5.97. The number of hydrogen-bond acceptors (Lipinski definition) is 2. The Kier molecular flexibility index (Phi) is 2.67. The SMILES string of the molecule is Cc1cc(C(=O)N=C=O)ccc1F. The summed E-state index contributed by atoms with van der Waals surface area (Å²) >= 11 is 0. The Hall–Kier alpha value is -1.80. The minimum atomic E-state index is -0.710. The van der Waals surface area contributed by atoms with Gasteiger partial charge < -0.3 is 0 Å². The van der Waals surface area contributed by atoms with Crippen molar-refractivity contribution in [2.24, 2.45) is 4.99 Å². The second-order valence-corrected chi connectivity index (χ2v) is 2.47. The Morgan fingerprint density at radius 1 is 1.54 bits per heavy atom. The molecule has 1 amide bonds. The average Bonchev–Trinajstić information content (AvgIpc) is 2.10. The predicted octanol–water partition coefficient (Wildman–Crippen LogP) is 1.61. The van der Waals surface area contributed by atoms with Crippen LogP contribution in [-0.4, -0.2) is 12.0 Å². The van der Waals surface area contributed by atoms with Gasteiger partial charge in [0, 0.05) is 5.56 Å². The molecule has 0 spiro atoms.